The highest BCUT2D eigenvalue weighted by atomic mass is 35.5. The lowest BCUT2D eigenvalue weighted by Gasteiger charge is -2.09. The van der Waals surface area contributed by atoms with E-state index in [0.717, 1.165) is 12.0 Å². The molecule has 0 aliphatic carbocycles. The van der Waals surface area contributed by atoms with Gasteiger partial charge in [-0.3, -0.25) is 0 Å². The van der Waals surface area contributed by atoms with Gasteiger partial charge < -0.3 is 9.84 Å². The van der Waals surface area contributed by atoms with E-state index in [4.69, 9.17) is 33.0 Å². The predicted octanol–water partition coefficient (Wildman–Crippen LogP) is 4.31. The lowest BCUT2D eigenvalue weighted by Crippen LogP contribution is -2.03. The molecule has 0 amide bonds. The molecule has 5 heteroatoms. The number of halogens is 2. The Morgan fingerprint density at radius 3 is 2.25 bits per heavy atom. The van der Waals surface area contributed by atoms with Crippen molar-refractivity contribution in [3.63, 3.8) is 0 Å². The van der Waals surface area contributed by atoms with Crippen molar-refractivity contribution in [2.75, 3.05) is 6.61 Å². The number of carboxylic acid groups (broad SMARTS) is 1. The Kier molecular flexibility index (Phi) is 4.88. The van der Waals surface area contributed by atoms with Crippen LogP contribution in [0.15, 0.2) is 42.5 Å². The Hall–Kier alpha value is -1.71. The standard InChI is InChI=1S/C15H12Cl2O3/c16-12-8-11(9-13(17)14(12)15(18)19)20-7-6-10-4-2-1-3-5-10/h1-5,8-9H,6-7H2,(H,18,19). The van der Waals surface area contributed by atoms with E-state index in [1.165, 1.54) is 12.1 Å². The van der Waals surface area contributed by atoms with Crippen molar-refractivity contribution in [2.45, 2.75) is 6.42 Å². The second-order valence-electron chi connectivity index (χ2n) is 4.15. The molecule has 0 aromatic heterocycles. The lowest BCUT2D eigenvalue weighted by molar-refractivity contribution is 0.0697. The number of rotatable bonds is 5. The second kappa shape index (κ2) is 6.64. The first-order valence-corrected chi connectivity index (χ1v) is 6.72. The van der Waals surface area contributed by atoms with Gasteiger partial charge in [0.05, 0.1) is 22.2 Å². The first-order valence-electron chi connectivity index (χ1n) is 5.97. The number of carbonyl (C=O) groups is 1. The molecule has 1 N–H and O–H groups in total. The maximum Gasteiger partial charge on any atom is 0.338 e. The summed E-state index contributed by atoms with van der Waals surface area (Å²) in [5, 5.41) is 9.09. The molecule has 0 heterocycles. The minimum absolute atomic E-state index is 0.0692. The molecule has 0 bridgehead atoms. The van der Waals surface area contributed by atoms with E-state index < -0.39 is 5.97 Å². The molecule has 0 saturated carbocycles. The molecule has 0 radical (unpaired) electrons. The summed E-state index contributed by atoms with van der Waals surface area (Å²) in [4.78, 5) is 10.9. The normalized spacial score (nSPS) is 10.3. The molecule has 0 atom stereocenters. The van der Waals surface area contributed by atoms with Gasteiger partial charge in [-0.2, -0.15) is 0 Å². The summed E-state index contributed by atoms with van der Waals surface area (Å²) >= 11 is 11.8. The number of benzene rings is 2. The highest BCUT2D eigenvalue weighted by Crippen LogP contribution is 2.30. The summed E-state index contributed by atoms with van der Waals surface area (Å²) in [7, 11) is 0. The van der Waals surface area contributed by atoms with Crippen LogP contribution < -0.4 is 4.74 Å². The van der Waals surface area contributed by atoms with E-state index in [2.05, 4.69) is 0 Å². The van der Waals surface area contributed by atoms with Crippen LogP contribution in [-0.2, 0) is 6.42 Å². The molecule has 3 nitrogen and oxygen atoms in total. The third-order valence-electron chi connectivity index (χ3n) is 2.73. The molecule has 0 fully saturated rings. The summed E-state index contributed by atoms with van der Waals surface area (Å²) in [6.07, 6.45) is 0.747. The summed E-state index contributed by atoms with van der Waals surface area (Å²) in [6, 6.07) is 12.8. The smallest absolute Gasteiger partial charge is 0.338 e. The molecule has 2 aromatic carbocycles. The van der Waals surface area contributed by atoms with Crippen LogP contribution in [0.4, 0.5) is 0 Å². The second-order valence-corrected chi connectivity index (χ2v) is 4.97. The third-order valence-corrected chi connectivity index (χ3v) is 3.33. The first kappa shape index (κ1) is 14.7. The molecule has 104 valence electrons. The topological polar surface area (TPSA) is 46.5 Å². The molecule has 0 spiro atoms. The Bertz CT molecular complexity index is 589. The Morgan fingerprint density at radius 2 is 1.70 bits per heavy atom. The van der Waals surface area contributed by atoms with Crippen molar-refractivity contribution in [3.05, 3.63) is 63.6 Å². The van der Waals surface area contributed by atoms with Gasteiger partial charge in [0, 0.05) is 6.42 Å². The average Bonchev–Trinajstić information content (AvgIpc) is 2.38. The molecule has 0 aliphatic rings. The number of ether oxygens (including phenoxy) is 1. The van der Waals surface area contributed by atoms with E-state index in [1.54, 1.807) is 0 Å². The molecule has 0 saturated heterocycles. The van der Waals surface area contributed by atoms with E-state index in [1.807, 2.05) is 30.3 Å². The molecular weight excluding hydrogens is 299 g/mol. The van der Waals surface area contributed by atoms with Gasteiger partial charge in [0.15, 0.2) is 0 Å². The van der Waals surface area contributed by atoms with Crippen LogP contribution in [0.3, 0.4) is 0 Å². The molecule has 0 unspecified atom stereocenters. The largest absolute Gasteiger partial charge is 0.493 e. The zero-order chi connectivity index (χ0) is 14.5. The molecular formula is C15H12Cl2O3. The minimum atomic E-state index is -1.16. The summed E-state index contributed by atoms with van der Waals surface area (Å²) in [5.74, 6) is -0.697. The van der Waals surface area contributed by atoms with Crippen molar-refractivity contribution in [2.24, 2.45) is 0 Å². The molecule has 2 aromatic rings. The first-order chi connectivity index (χ1) is 9.58. The molecule has 2 rings (SSSR count). The fourth-order valence-corrected chi connectivity index (χ4v) is 2.40. The quantitative estimate of drug-likeness (QED) is 0.895. The zero-order valence-corrected chi connectivity index (χ0v) is 12.0. The lowest BCUT2D eigenvalue weighted by atomic mass is 10.2. The van der Waals surface area contributed by atoms with Crippen molar-refractivity contribution in [3.8, 4) is 5.75 Å². The van der Waals surface area contributed by atoms with E-state index in [9.17, 15) is 4.79 Å². The Labute approximate surface area is 126 Å². The van der Waals surface area contributed by atoms with Gasteiger partial charge in [0.25, 0.3) is 0 Å². The van der Waals surface area contributed by atoms with E-state index in [-0.39, 0.29) is 15.6 Å². The Balaban J connectivity index is 2.02. The minimum Gasteiger partial charge on any atom is -0.493 e. The maximum atomic E-state index is 10.9. The number of hydrogen-bond acceptors (Lipinski definition) is 2. The van der Waals surface area contributed by atoms with Crippen molar-refractivity contribution in [1.29, 1.82) is 0 Å². The fraction of sp³-hybridized carbons (Fsp3) is 0.133. The SMILES string of the molecule is O=C(O)c1c(Cl)cc(OCCc2ccccc2)cc1Cl. The molecule has 20 heavy (non-hydrogen) atoms. The van der Waals surface area contributed by atoms with Crippen LogP contribution in [0.1, 0.15) is 15.9 Å². The number of aromatic carboxylic acids is 1. The summed E-state index contributed by atoms with van der Waals surface area (Å²) in [6.45, 7) is 0.461. The van der Waals surface area contributed by atoms with Gasteiger partial charge in [0.1, 0.15) is 5.75 Å². The van der Waals surface area contributed by atoms with Crippen LogP contribution in [0.25, 0.3) is 0 Å². The van der Waals surface area contributed by atoms with Gasteiger partial charge in [-0.15, -0.1) is 0 Å². The van der Waals surface area contributed by atoms with Crippen LogP contribution >= 0.6 is 23.2 Å². The summed E-state index contributed by atoms with van der Waals surface area (Å²) in [5.41, 5.74) is 1.05. The highest BCUT2D eigenvalue weighted by molar-refractivity contribution is 6.39. The van der Waals surface area contributed by atoms with Crippen molar-refractivity contribution < 1.29 is 14.6 Å². The summed E-state index contributed by atoms with van der Waals surface area (Å²) < 4.78 is 5.54. The number of hydrogen-bond donors (Lipinski definition) is 1. The van der Waals surface area contributed by atoms with Crippen molar-refractivity contribution >= 4 is 29.2 Å². The monoisotopic (exact) mass is 310 g/mol. The highest BCUT2D eigenvalue weighted by Gasteiger charge is 2.15. The van der Waals surface area contributed by atoms with Crippen LogP contribution in [0, 0.1) is 0 Å². The van der Waals surface area contributed by atoms with Crippen LogP contribution in [0.2, 0.25) is 10.0 Å². The van der Waals surface area contributed by atoms with E-state index >= 15 is 0 Å². The van der Waals surface area contributed by atoms with Gasteiger partial charge in [-0.05, 0) is 17.7 Å². The van der Waals surface area contributed by atoms with Gasteiger partial charge in [-0.1, -0.05) is 53.5 Å². The average molecular weight is 311 g/mol. The van der Waals surface area contributed by atoms with Crippen LogP contribution in [0.5, 0.6) is 5.75 Å². The van der Waals surface area contributed by atoms with Crippen molar-refractivity contribution in [1.82, 2.24) is 0 Å². The third kappa shape index (κ3) is 3.65. The van der Waals surface area contributed by atoms with Crippen LogP contribution in [-0.4, -0.2) is 17.7 Å². The van der Waals surface area contributed by atoms with E-state index in [0.29, 0.717) is 12.4 Å². The van der Waals surface area contributed by atoms with Gasteiger partial charge >= 0.3 is 5.97 Å². The van der Waals surface area contributed by atoms with Gasteiger partial charge in [0.2, 0.25) is 0 Å². The Morgan fingerprint density at radius 1 is 1.10 bits per heavy atom. The molecule has 0 aliphatic heterocycles. The zero-order valence-electron chi connectivity index (χ0n) is 10.5. The maximum absolute atomic E-state index is 10.9. The fourth-order valence-electron chi connectivity index (χ4n) is 1.77. The predicted molar refractivity (Wildman–Crippen MR) is 79.1 cm³/mol. The number of carboxylic acids is 1. The van der Waals surface area contributed by atoms with Gasteiger partial charge in [-0.25, -0.2) is 4.79 Å².